The van der Waals surface area contributed by atoms with Crippen LogP contribution in [0.15, 0.2) is 18.7 Å². The number of rotatable bonds is 10. The van der Waals surface area contributed by atoms with Gasteiger partial charge in [0.05, 0.1) is 25.2 Å². The van der Waals surface area contributed by atoms with Crippen molar-refractivity contribution in [3.63, 3.8) is 0 Å². The molecule has 1 fully saturated rings. The third kappa shape index (κ3) is 4.77. The lowest BCUT2D eigenvalue weighted by Crippen LogP contribution is -2.34. The summed E-state index contributed by atoms with van der Waals surface area (Å²) in [6.45, 7) is 1.42. The number of nitrogens with zero attached hydrogens (tertiary/aromatic N) is 7. The van der Waals surface area contributed by atoms with E-state index in [1.54, 1.807) is 0 Å². The minimum atomic E-state index is -4.19. The molecule has 1 aliphatic rings. The molecule has 4 atom stereocenters. The van der Waals surface area contributed by atoms with E-state index in [0.29, 0.717) is 12.8 Å². The number of alkyl halides is 1. The van der Waals surface area contributed by atoms with Crippen LogP contribution in [0.2, 0.25) is 5.02 Å². The molecule has 194 valence electrons. The van der Waals surface area contributed by atoms with Gasteiger partial charge in [0.25, 0.3) is 0 Å². The number of aromatic nitrogens is 7. The van der Waals surface area contributed by atoms with Gasteiger partial charge in [-0.2, -0.15) is 9.97 Å². The Morgan fingerprint density at radius 3 is 2.22 bits per heavy atom. The van der Waals surface area contributed by atoms with E-state index in [-0.39, 0.29) is 40.1 Å². The second kappa shape index (κ2) is 10.4. The predicted octanol–water partition coefficient (Wildman–Crippen LogP) is 2.25. The minimum absolute atomic E-state index is 0.0514. The molecule has 1 N–H and O–H groups in total. The van der Waals surface area contributed by atoms with Gasteiger partial charge in [0.1, 0.15) is 29.7 Å². The van der Waals surface area contributed by atoms with Crippen LogP contribution in [0.1, 0.15) is 43.4 Å². The number of hydrogen-bond donors (Lipinski definition) is 1. The van der Waals surface area contributed by atoms with E-state index in [1.807, 2.05) is 0 Å². The van der Waals surface area contributed by atoms with Crippen molar-refractivity contribution in [3.8, 4) is 17.4 Å². The highest BCUT2D eigenvalue weighted by atomic mass is 35.5. The normalized spacial score (nSPS) is 19.3. The van der Waals surface area contributed by atoms with Crippen LogP contribution in [-0.4, -0.2) is 75.9 Å². The van der Waals surface area contributed by atoms with Crippen LogP contribution in [-0.2, 0) is 14.8 Å². The SMILES string of the molecule is COc1ncnc(OC)c1-n1c(NS(=O)(=O)C(C)C(OC)c2ncc(Cl)cn2)nnc1[C@H]1CC[C@@H]1F. The molecule has 0 radical (unpaired) electrons. The van der Waals surface area contributed by atoms with Crippen molar-refractivity contribution < 1.29 is 27.0 Å². The summed E-state index contributed by atoms with van der Waals surface area (Å²) in [6, 6.07) is 0. The molecule has 3 heterocycles. The third-order valence-electron chi connectivity index (χ3n) is 5.87. The number of halogens is 2. The average molecular weight is 543 g/mol. The standard InChI is InChI=1S/C20H24ClFN8O5S/c1-10(15(33-2)16-23-7-11(21)8-24-16)36(31,32)29-20-28-27-17(12-5-6-13(12)22)30(20)14-18(34-3)25-9-26-19(14)35-4/h7-10,12-13,15H,5-6H2,1-4H3,(H,28,29)/t10?,12-,13-,15?/m0/s1. The van der Waals surface area contributed by atoms with E-state index < -0.39 is 33.5 Å². The second-order valence-electron chi connectivity index (χ2n) is 7.93. The smallest absolute Gasteiger partial charge is 0.245 e. The Morgan fingerprint density at radius 2 is 1.72 bits per heavy atom. The van der Waals surface area contributed by atoms with E-state index in [4.69, 9.17) is 25.8 Å². The number of ether oxygens (including phenoxy) is 3. The molecule has 36 heavy (non-hydrogen) atoms. The molecule has 0 aromatic carbocycles. The van der Waals surface area contributed by atoms with Gasteiger partial charge < -0.3 is 14.2 Å². The Balaban J connectivity index is 1.78. The zero-order chi connectivity index (χ0) is 26.0. The largest absolute Gasteiger partial charge is 0.479 e. The van der Waals surface area contributed by atoms with Gasteiger partial charge in [0.15, 0.2) is 11.5 Å². The highest BCUT2D eigenvalue weighted by Gasteiger charge is 2.40. The van der Waals surface area contributed by atoms with E-state index in [0.717, 1.165) is 0 Å². The minimum Gasteiger partial charge on any atom is -0.479 e. The van der Waals surface area contributed by atoms with Crippen LogP contribution in [0.4, 0.5) is 10.3 Å². The summed E-state index contributed by atoms with van der Waals surface area (Å²) < 4.78 is 61.1. The highest BCUT2D eigenvalue weighted by Crippen LogP contribution is 2.42. The zero-order valence-electron chi connectivity index (χ0n) is 19.8. The number of hydrogen-bond acceptors (Lipinski definition) is 11. The number of methoxy groups -OCH3 is 3. The predicted molar refractivity (Wildman–Crippen MR) is 126 cm³/mol. The maximum absolute atomic E-state index is 14.4. The van der Waals surface area contributed by atoms with Crippen LogP contribution in [0.3, 0.4) is 0 Å². The molecular weight excluding hydrogens is 519 g/mol. The fraction of sp³-hybridized carbons (Fsp3) is 0.500. The Kier molecular flexibility index (Phi) is 7.51. The molecule has 0 aliphatic heterocycles. The molecule has 3 aromatic heterocycles. The monoisotopic (exact) mass is 542 g/mol. The van der Waals surface area contributed by atoms with Crippen molar-refractivity contribution in [2.24, 2.45) is 0 Å². The summed E-state index contributed by atoms with van der Waals surface area (Å²) in [6.07, 6.45) is 2.54. The lowest BCUT2D eigenvalue weighted by atomic mass is 9.82. The Bertz CT molecular complexity index is 1300. The zero-order valence-corrected chi connectivity index (χ0v) is 21.4. The van der Waals surface area contributed by atoms with Crippen molar-refractivity contribution in [1.29, 1.82) is 0 Å². The molecule has 2 unspecified atom stereocenters. The molecule has 0 bridgehead atoms. The summed E-state index contributed by atoms with van der Waals surface area (Å²) in [5.41, 5.74) is 0.122. The highest BCUT2D eigenvalue weighted by molar-refractivity contribution is 7.93. The van der Waals surface area contributed by atoms with Crippen LogP contribution in [0.5, 0.6) is 11.8 Å². The number of nitrogens with one attached hydrogen (secondary N) is 1. The molecule has 16 heteroatoms. The number of anilines is 1. The van der Waals surface area contributed by atoms with Gasteiger partial charge in [-0.1, -0.05) is 11.6 Å². The number of sulfonamides is 1. The lowest BCUT2D eigenvalue weighted by Gasteiger charge is -2.30. The Hall–Kier alpha value is -3.17. The van der Waals surface area contributed by atoms with Gasteiger partial charge in [-0.3, -0.25) is 9.29 Å². The summed E-state index contributed by atoms with van der Waals surface area (Å²) in [5, 5.41) is 7.22. The third-order valence-corrected chi connectivity index (χ3v) is 7.76. The first-order valence-corrected chi connectivity index (χ1v) is 12.7. The van der Waals surface area contributed by atoms with Crippen molar-refractivity contribution in [1.82, 2.24) is 34.7 Å². The van der Waals surface area contributed by atoms with Gasteiger partial charge in [-0.05, 0) is 19.8 Å². The summed E-state index contributed by atoms with van der Waals surface area (Å²) >= 11 is 5.84. The molecule has 4 rings (SSSR count). The summed E-state index contributed by atoms with van der Waals surface area (Å²) in [7, 11) is -0.111. The first-order valence-electron chi connectivity index (χ1n) is 10.8. The van der Waals surface area contributed by atoms with E-state index in [1.165, 1.54) is 51.5 Å². The van der Waals surface area contributed by atoms with Crippen molar-refractivity contribution in [2.45, 2.75) is 43.2 Å². The van der Waals surface area contributed by atoms with Gasteiger partial charge in [-0.15, -0.1) is 10.2 Å². The lowest BCUT2D eigenvalue weighted by molar-refractivity contribution is 0.0950. The first-order chi connectivity index (χ1) is 17.2. The second-order valence-corrected chi connectivity index (χ2v) is 10.4. The van der Waals surface area contributed by atoms with E-state index in [9.17, 15) is 12.8 Å². The molecule has 1 aliphatic carbocycles. The van der Waals surface area contributed by atoms with Crippen LogP contribution < -0.4 is 14.2 Å². The molecule has 0 spiro atoms. The summed E-state index contributed by atoms with van der Waals surface area (Å²) in [5.74, 6) is -0.441. The van der Waals surface area contributed by atoms with Crippen molar-refractivity contribution >= 4 is 27.6 Å². The molecule has 1 saturated carbocycles. The van der Waals surface area contributed by atoms with Crippen molar-refractivity contribution in [2.75, 3.05) is 26.1 Å². The first kappa shape index (κ1) is 25.9. The molecule has 13 nitrogen and oxygen atoms in total. The fourth-order valence-electron chi connectivity index (χ4n) is 3.77. The fourth-order valence-corrected chi connectivity index (χ4v) is 5.00. The molecule has 0 saturated heterocycles. The topological polar surface area (TPSA) is 156 Å². The van der Waals surface area contributed by atoms with Gasteiger partial charge >= 0.3 is 0 Å². The van der Waals surface area contributed by atoms with E-state index >= 15 is 0 Å². The van der Waals surface area contributed by atoms with Gasteiger partial charge in [0, 0.05) is 19.5 Å². The van der Waals surface area contributed by atoms with Crippen LogP contribution >= 0.6 is 11.6 Å². The van der Waals surface area contributed by atoms with E-state index in [2.05, 4.69) is 34.9 Å². The van der Waals surface area contributed by atoms with Gasteiger partial charge in [-0.25, -0.2) is 22.8 Å². The van der Waals surface area contributed by atoms with Crippen LogP contribution in [0.25, 0.3) is 5.69 Å². The molecular formula is C20H24ClFN8O5S. The average Bonchev–Trinajstić information content (AvgIpc) is 3.24. The van der Waals surface area contributed by atoms with Gasteiger partial charge in [0.2, 0.25) is 27.7 Å². The quantitative estimate of drug-likeness (QED) is 0.400. The Labute approximate surface area is 211 Å². The van der Waals surface area contributed by atoms with Crippen molar-refractivity contribution in [3.05, 3.63) is 35.4 Å². The maximum Gasteiger partial charge on any atom is 0.245 e. The molecule has 0 amide bonds. The molecule has 3 aromatic rings. The maximum atomic E-state index is 14.4. The summed E-state index contributed by atoms with van der Waals surface area (Å²) in [4.78, 5) is 16.3. The van der Waals surface area contributed by atoms with Crippen LogP contribution in [0, 0.1) is 0 Å². The Morgan fingerprint density at radius 1 is 1.08 bits per heavy atom.